The first-order valence-corrected chi connectivity index (χ1v) is 22.4. The second-order valence-electron chi connectivity index (χ2n) is 15.8. The Morgan fingerprint density at radius 1 is 0.545 bits per heavy atom. The average molecular weight is 722 g/mol. The molecule has 1 N–H and O–H groups in total. The molecule has 8 aromatic carbocycles. The van der Waals surface area contributed by atoms with Gasteiger partial charge >= 0.3 is 0 Å². The zero-order valence-electron chi connectivity index (χ0n) is 32.0. The van der Waals surface area contributed by atoms with Crippen LogP contribution in [0.15, 0.2) is 158 Å². The number of para-hydroxylation sites is 2. The maximum Gasteiger partial charge on any atom is 0.197 e. The number of rotatable bonds is 5. The molecule has 0 spiro atoms. The number of hydrogen-bond donors (Lipinski definition) is 1. The number of benzene rings is 8. The van der Waals surface area contributed by atoms with Crippen LogP contribution < -0.4 is 31.5 Å². The van der Waals surface area contributed by atoms with Crippen molar-refractivity contribution in [2.24, 2.45) is 0 Å². The Kier molecular flexibility index (Phi) is 7.76. The summed E-state index contributed by atoms with van der Waals surface area (Å²) in [5.41, 5.74) is 19.9. The summed E-state index contributed by atoms with van der Waals surface area (Å²) in [4.78, 5) is 2.60. The Bertz CT molecular complexity index is 2820. The van der Waals surface area contributed by atoms with Gasteiger partial charge in [-0.05, 0) is 128 Å². The molecule has 4 heteroatoms. The summed E-state index contributed by atoms with van der Waals surface area (Å²) in [7, 11) is 0.496. The van der Waals surface area contributed by atoms with Crippen molar-refractivity contribution in [3.63, 3.8) is 0 Å². The Hall–Kier alpha value is -6.10. The van der Waals surface area contributed by atoms with E-state index in [2.05, 4.69) is 209 Å². The molecular formula is C51H42BN2Si. The van der Waals surface area contributed by atoms with Crippen LogP contribution in [0.1, 0.15) is 16.7 Å². The third-order valence-electron chi connectivity index (χ3n) is 12.2. The van der Waals surface area contributed by atoms with Crippen molar-refractivity contribution in [3.05, 3.63) is 174 Å². The zero-order chi connectivity index (χ0) is 37.4. The topological polar surface area (TPSA) is 15.3 Å². The monoisotopic (exact) mass is 721 g/mol. The molecule has 0 aliphatic carbocycles. The zero-order valence-corrected chi connectivity index (χ0v) is 33.0. The third-order valence-corrected chi connectivity index (χ3v) is 15.7. The van der Waals surface area contributed by atoms with Crippen molar-refractivity contribution in [1.29, 1.82) is 0 Å². The molecule has 2 nitrogen and oxygen atoms in total. The van der Waals surface area contributed by atoms with Crippen LogP contribution in [0, 0.1) is 20.8 Å². The van der Waals surface area contributed by atoms with Crippen LogP contribution in [0.3, 0.4) is 0 Å². The van der Waals surface area contributed by atoms with E-state index in [-0.39, 0.29) is 0 Å². The largest absolute Gasteiger partial charge is 0.355 e. The molecule has 0 amide bonds. The lowest BCUT2D eigenvalue weighted by atomic mass is 9.57. The molecular weight excluding hydrogens is 679 g/mol. The molecule has 263 valence electrons. The van der Waals surface area contributed by atoms with Gasteiger partial charge in [0.25, 0.3) is 0 Å². The number of hydrogen-bond acceptors (Lipinski definition) is 2. The molecule has 2 aliphatic rings. The smallest absolute Gasteiger partial charge is 0.197 e. The Balaban J connectivity index is 1.25. The minimum atomic E-state index is -1.98. The van der Waals surface area contributed by atoms with E-state index in [1.807, 2.05) is 0 Å². The highest BCUT2D eigenvalue weighted by Gasteiger charge is 2.42. The fourth-order valence-corrected chi connectivity index (χ4v) is 12.2. The third kappa shape index (κ3) is 5.31. The van der Waals surface area contributed by atoms with E-state index >= 15 is 0 Å². The molecule has 2 aliphatic heterocycles. The summed E-state index contributed by atoms with van der Waals surface area (Å²) in [6.45, 7) is 11.8. The van der Waals surface area contributed by atoms with E-state index in [0.29, 0.717) is 0 Å². The fraction of sp³-hybridized carbons (Fsp3) is 0.0980. The average Bonchev–Trinajstić information content (AvgIpc) is 3.21. The van der Waals surface area contributed by atoms with Crippen molar-refractivity contribution < 1.29 is 0 Å². The fourth-order valence-electron chi connectivity index (χ4n) is 9.22. The first kappa shape index (κ1) is 33.5. The van der Waals surface area contributed by atoms with Gasteiger partial charge in [-0.1, -0.05) is 140 Å². The maximum atomic E-state index is 3.91. The molecule has 2 heterocycles. The summed E-state index contributed by atoms with van der Waals surface area (Å²) in [6.07, 6.45) is 0. The van der Waals surface area contributed by atoms with Crippen LogP contribution >= 0.6 is 0 Å². The molecule has 0 bridgehead atoms. The van der Waals surface area contributed by atoms with Crippen LogP contribution in [0.25, 0.3) is 44.2 Å². The van der Waals surface area contributed by atoms with E-state index < -0.39 is 8.07 Å². The van der Waals surface area contributed by atoms with Crippen molar-refractivity contribution in [1.82, 2.24) is 0 Å². The molecule has 0 saturated carbocycles. The summed E-state index contributed by atoms with van der Waals surface area (Å²) in [5, 5.41) is 9.33. The van der Waals surface area contributed by atoms with Gasteiger partial charge in [-0.25, -0.2) is 0 Å². The summed E-state index contributed by atoms with van der Waals surface area (Å²) in [6, 6.07) is 58.4. The predicted molar refractivity (Wildman–Crippen MR) is 241 cm³/mol. The first-order valence-electron chi connectivity index (χ1n) is 19.4. The first-order chi connectivity index (χ1) is 26.8. The minimum Gasteiger partial charge on any atom is -0.355 e. The minimum absolute atomic E-state index is 1.06. The van der Waals surface area contributed by atoms with E-state index in [1.54, 1.807) is 0 Å². The normalized spacial score (nSPS) is 13.4. The van der Waals surface area contributed by atoms with Crippen molar-refractivity contribution >= 4 is 75.9 Å². The summed E-state index contributed by atoms with van der Waals surface area (Å²) < 4.78 is 0. The Morgan fingerprint density at radius 3 is 2.09 bits per heavy atom. The lowest BCUT2D eigenvalue weighted by Gasteiger charge is -2.45. The van der Waals surface area contributed by atoms with Gasteiger partial charge in [0.2, 0.25) is 0 Å². The number of nitrogens with zero attached hydrogens (tertiary/aromatic N) is 1. The van der Waals surface area contributed by atoms with E-state index in [1.165, 1.54) is 99.2 Å². The molecule has 0 unspecified atom stereocenters. The van der Waals surface area contributed by atoms with E-state index in [4.69, 9.17) is 0 Å². The van der Waals surface area contributed by atoms with Crippen LogP contribution in [-0.4, -0.2) is 15.4 Å². The molecule has 55 heavy (non-hydrogen) atoms. The Labute approximate surface area is 326 Å². The van der Waals surface area contributed by atoms with Crippen molar-refractivity contribution in [3.8, 4) is 33.4 Å². The molecule has 0 atom stereocenters. The van der Waals surface area contributed by atoms with Gasteiger partial charge in [0.05, 0.1) is 0 Å². The van der Waals surface area contributed by atoms with Gasteiger partial charge in [-0.2, -0.15) is 0 Å². The van der Waals surface area contributed by atoms with Crippen molar-refractivity contribution in [2.75, 3.05) is 10.2 Å². The van der Waals surface area contributed by atoms with Gasteiger partial charge < -0.3 is 10.2 Å². The number of anilines is 5. The van der Waals surface area contributed by atoms with E-state index in [0.717, 1.165) is 11.4 Å². The second-order valence-corrected chi connectivity index (χ2v) is 20.1. The van der Waals surface area contributed by atoms with Crippen molar-refractivity contribution in [2.45, 2.75) is 33.9 Å². The lowest BCUT2D eigenvalue weighted by molar-refractivity contribution is 1.28. The summed E-state index contributed by atoms with van der Waals surface area (Å²) in [5.74, 6) is 0. The van der Waals surface area contributed by atoms with Gasteiger partial charge in [0.15, 0.2) is 7.28 Å². The standard InChI is InChI=1S/C51H42BN2Si/c1-32-22-23-33(2)48(34(32)3)38-30-41(50-45(31-38)54-44-19-11-12-20-46(44)55(4,5)47-21-13-18-42(52-50)51(47)54)49-40-17-10-9-16-37(40)26-29-43(49)53-39-27-24-36(25-28-39)35-14-7-6-8-15-35/h6-31,53H,1-5H3. The second kappa shape index (κ2) is 12.8. The highest BCUT2D eigenvalue weighted by atomic mass is 28.3. The number of fused-ring (bicyclic) bond motifs is 5. The highest BCUT2D eigenvalue weighted by Crippen LogP contribution is 2.45. The van der Waals surface area contributed by atoms with Gasteiger partial charge in [0, 0.05) is 34.0 Å². The molecule has 0 fully saturated rings. The summed E-state index contributed by atoms with van der Waals surface area (Å²) >= 11 is 0. The molecule has 0 saturated heterocycles. The molecule has 1 radical (unpaired) electrons. The highest BCUT2D eigenvalue weighted by molar-refractivity contribution is 7.03. The Morgan fingerprint density at radius 2 is 1.25 bits per heavy atom. The SMILES string of the molecule is Cc1ccc(C)c(-c2cc(-c3c(Nc4ccc(-c5ccccc5)cc4)ccc4ccccc34)c3c(c2)N2c4ccccc4[Si](C)(C)c4cccc(c42)[B]3)c1C. The maximum absolute atomic E-state index is 3.91. The number of aryl methyl sites for hydroxylation is 2. The van der Waals surface area contributed by atoms with Crippen LogP contribution in [0.5, 0.6) is 0 Å². The predicted octanol–water partition coefficient (Wildman–Crippen LogP) is 11.1. The lowest BCUT2D eigenvalue weighted by Crippen LogP contribution is -2.62. The number of nitrogens with one attached hydrogen (secondary N) is 1. The van der Waals surface area contributed by atoms with Crippen LogP contribution in [0.2, 0.25) is 13.1 Å². The van der Waals surface area contributed by atoms with Gasteiger partial charge in [-0.15, -0.1) is 0 Å². The van der Waals surface area contributed by atoms with Crippen LogP contribution in [-0.2, 0) is 0 Å². The molecule has 10 rings (SSSR count). The molecule has 0 aromatic heterocycles. The van der Waals surface area contributed by atoms with Crippen LogP contribution in [0.4, 0.5) is 28.4 Å². The van der Waals surface area contributed by atoms with Gasteiger partial charge in [0.1, 0.15) is 8.07 Å². The quantitative estimate of drug-likeness (QED) is 0.178. The van der Waals surface area contributed by atoms with Gasteiger partial charge in [-0.3, -0.25) is 0 Å². The van der Waals surface area contributed by atoms with E-state index in [9.17, 15) is 0 Å². The molecule has 8 aromatic rings.